The van der Waals surface area contributed by atoms with E-state index in [1.54, 1.807) is 19.1 Å². The Bertz CT molecular complexity index is 527. The van der Waals surface area contributed by atoms with Crippen LogP contribution in [0.1, 0.15) is 5.56 Å². The molecule has 1 rings (SSSR count). The quantitative estimate of drug-likeness (QED) is 0.666. The van der Waals surface area contributed by atoms with Gasteiger partial charge in [-0.3, -0.25) is 4.79 Å². The number of aryl methyl sites for hydroxylation is 1. The molecule has 0 radical (unpaired) electrons. The lowest BCUT2D eigenvalue weighted by atomic mass is 10.2. The van der Waals surface area contributed by atoms with Crippen molar-refractivity contribution in [1.82, 2.24) is 0 Å². The lowest BCUT2D eigenvalue weighted by molar-refractivity contribution is -0.138. The molecule has 0 bridgehead atoms. The van der Waals surface area contributed by atoms with Crippen LogP contribution in [0.5, 0.6) is 0 Å². The van der Waals surface area contributed by atoms with E-state index in [1.165, 1.54) is 12.1 Å². The molecule has 2 atom stereocenters. The van der Waals surface area contributed by atoms with Crippen LogP contribution in [0.2, 0.25) is 0 Å². The van der Waals surface area contributed by atoms with Gasteiger partial charge in [0.2, 0.25) is 0 Å². The number of rotatable bonds is 4. The Kier molecular flexibility index (Phi) is 3.87. The van der Waals surface area contributed by atoms with Gasteiger partial charge in [0, 0.05) is 0 Å². The lowest BCUT2D eigenvalue weighted by Crippen LogP contribution is -2.51. The van der Waals surface area contributed by atoms with Crippen molar-refractivity contribution in [2.75, 3.05) is 0 Å². The van der Waals surface area contributed by atoms with E-state index in [0.29, 0.717) is 0 Å². The zero-order valence-corrected chi connectivity index (χ0v) is 10.0. The van der Waals surface area contributed by atoms with E-state index < -0.39 is 27.2 Å². The molecule has 7 heteroatoms. The van der Waals surface area contributed by atoms with Gasteiger partial charge in [-0.1, -0.05) is 12.1 Å². The summed E-state index contributed by atoms with van der Waals surface area (Å²) in [7, 11) is -3.93. The monoisotopic (exact) mass is 258 g/mol. The number of hydrogen-bond donors (Lipinski definition) is 3. The number of carboxylic acid groups (broad SMARTS) is 1. The maximum absolute atomic E-state index is 12.0. The van der Waals surface area contributed by atoms with Gasteiger partial charge in [0.15, 0.2) is 9.84 Å². The Morgan fingerprint density at radius 3 is 2.41 bits per heavy atom. The van der Waals surface area contributed by atoms with Crippen molar-refractivity contribution in [3.63, 3.8) is 0 Å². The van der Waals surface area contributed by atoms with Gasteiger partial charge in [0.1, 0.15) is 11.4 Å². The SMILES string of the molecule is Cc1cccc(S(=O)(=O)[C@H](N)C(N)C(=O)O)c1. The number of nitrogens with two attached hydrogens (primary N) is 2. The zero-order valence-electron chi connectivity index (χ0n) is 9.20. The molecule has 0 heterocycles. The third kappa shape index (κ3) is 2.82. The number of carboxylic acids is 1. The molecule has 0 aliphatic heterocycles. The first-order valence-electron chi connectivity index (χ1n) is 4.81. The zero-order chi connectivity index (χ0) is 13.2. The van der Waals surface area contributed by atoms with E-state index in [2.05, 4.69) is 0 Å². The fourth-order valence-corrected chi connectivity index (χ4v) is 2.72. The third-order valence-corrected chi connectivity index (χ3v) is 4.24. The van der Waals surface area contributed by atoms with Gasteiger partial charge < -0.3 is 16.6 Å². The average Bonchev–Trinajstić information content (AvgIpc) is 2.26. The molecule has 1 aromatic rings. The third-order valence-electron chi connectivity index (χ3n) is 2.32. The maximum atomic E-state index is 12.0. The molecule has 0 amide bonds. The summed E-state index contributed by atoms with van der Waals surface area (Å²) in [6.45, 7) is 1.72. The molecule has 0 aliphatic carbocycles. The van der Waals surface area contributed by atoms with E-state index in [4.69, 9.17) is 16.6 Å². The summed E-state index contributed by atoms with van der Waals surface area (Å²) < 4.78 is 23.9. The minimum Gasteiger partial charge on any atom is -0.480 e. The Labute approximate surface area is 99.2 Å². The molecule has 0 spiro atoms. The second kappa shape index (κ2) is 4.82. The van der Waals surface area contributed by atoms with Gasteiger partial charge >= 0.3 is 5.97 Å². The molecule has 0 aromatic heterocycles. The second-order valence-electron chi connectivity index (χ2n) is 3.69. The first-order valence-corrected chi connectivity index (χ1v) is 6.36. The van der Waals surface area contributed by atoms with Crippen LogP contribution in [0.4, 0.5) is 0 Å². The minimum atomic E-state index is -3.93. The van der Waals surface area contributed by atoms with Crippen LogP contribution in [0.3, 0.4) is 0 Å². The molecule has 94 valence electrons. The van der Waals surface area contributed by atoms with Crippen LogP contribution in [0.25, 0.3) is 0 Å². The number of aliphatic carboxylic acids is 1. The van der Waals surface area contributed by atoms with Crippen LogP contribution < -0.4 is 11.5 Å². The standard InChI is InChI=1S/C10H14N2O4S/c1-6-3-2-4-7(5-6)17(15,16)9(12)8(11)10(13)14/h2-5,8-9H,11-12H2,1H3,(H,13,14)/t8?,9-/m0/s1. The van der Waals surface area contributed by atoms with E-state index in [-0.39, 0.29) is 4.90 Å². The predicted octanol–water partition coefficient (Wildman–Crippen LogP) is -0.535. The maximum Gasteiger partial charge on any atom is 0.323 e. The van der Waals surface area contributed by atoms with Crippen molar-refractivity contribution in [3.05, 3.63) is 29.8 Å². The van der Waals surface area contributed by atoms with Crippen molar-refractivity contribution in [2.45, 2.75) is 23.2 Å². The average molecular weight is 258 g/mol. The van der Waals surface area contributed by atoms with Crippen molar-refractivity contribution in [1.29, 1.82) is 0 Å². The Hall–Kier alpha value is -1.44. The topological polar surface area (TPSA) is 123 Å². The highest BCUT2D eigenvalue weighted by molar-refractivity contribution is 7.92. The summed E-state index contributed by atoms with van der Waals surface area (Å²) in [6, 6.07) is 4.41. The lowest BCUT2D eigenvalue weighted by Gasteiger charge is -2.16. The van der Waals surface area contributed by atoms with Crippen LogP contribution in [-0.4, -0.2) is 30.9 Å². The summed E-state index contributed by atoms with van der Waals surface area (Å²) in [4.78, 5) is 10.6. The molecular formula is C10H14N2O4S. The number of sulfone groups is 1. The van der Waals surface area contributed by atoms with Gasteiger partial charge in [0.25, 0.3) is 0 Å². The largest absolute Gasteiger partial charge is 0.480 e. The number of hydrogen-bond acceptors (Lipinski definition) is 5. The first-order chi connectivity index (χ1) is 7.76. The van der Waals surface area contributed by atoms with Crippen LogP contribution in [0.15, 0.2) is 29.2 Å². The molecule has 0 saturated heterocycles. The van der Waals surface area contributed by atoms with Crippen molar-refractivity contribution >= 4 is 15.8 Å². The summed E-state index contributed by atoms with van der Waals surface area (Å²) in [5.74, 6) is -1.45. The van der Waals surface area contributed by atoms with Gasteiger partial charge in [-0.05, 0) is 24.6 Å². The molecule has 1 unspecified atom stereocenters. The summed E-state index contributed by atoms with van der Waals surface area (Å²) in [5.41, 5.74) is 11.3. The fraction of sp³-hybridized carbons (Fsp3) is 0.300. The minimum absolute atomic E-state index is 0.0262. The number of benzene rings is 1. The predicted molar refractivity (Wildman–Crippen MR) is 62.0 cm³/mol. The molecule has 6 nitrogen and oxygen atoms in total. The second-order valence-corrected chi connectivity index (χ2v) is 5.80. The highest BCUT2D eigenvalue weighted by Crippen LogP contribution is 2.16. The van der Waals surface area contributed by atoms with Crippen LogP contribution in [-0.2, 0) is 14.6 Å². The van der Waals surface area contributed by atoms with Crippen molar-refractivity contribution in [3.8, 4) is 0 Å². The molecule has 0 fully saturated rings. The molecular weight excluding hydrogens is 244 g/mol. The number of carbonyl (C=O) groups is 1. The molecule has 17 heavy (non-hydrogen) atoms. The fourth-order valence-electron chi connectivity index (χ4n) is 1.28. The van der Waals surface area contributed by atoms with E-state index in [9.17, 15) is 13.2 Å². The smallest absolute Gasteiger partial charge is 0.323 e. The summed E-state index contributed by atoms with van der Waals surface area (Å²) >= 11 is 0. The molecule has 5 N–H and O–H groups in total. The molecule has 1 aromatic carbocycles. The van der Waals surface area contributed by atoms with E-state index >= 15 is 0 Å². The van der Waals surface area contributed by atoms with Gasteiger partial charge in [-0.25, -0.2) is 8.42 Å². The van der Waals surface area contributed by atoms with Gasteiger partial charge in [-0.2, -0.15) is 0 Å². The van der Waals surface area contributed by atoms with Crippen molar-refractivity contribution < 1.29 is 18.3 Å². The summed E-state index contributed by atoms with van der Waals surface area (Å²) in [6.07, 6.45) is 0. The summed E-state index contributed by atoms with van der Waals surface area (Å²) in [5, 5.41) is 6.98. The van der Waals surface area contributed by atoms with Crippen molar-refractivity contribution in [2.24, 2.45) is 11.5 Å². The Morgan fingerprint density at radius 2 is 1.94 bits per heavy atom. The molecule has 0 aliphatic rings. The highest BCUT2D eigenvalue weighted by atomic mass is 32.2. The van der Waals surface area contributed by atoms with Crippen LogP contribution in [0, 0.1) is 6.92 Å². The molecule has 0 saturated carbocycles. The Morgan fingerprint density at radius 1 is 1.35 bits per heavy atom. The normalized spacial score (nSPS) is 15.2. The van der Waals surface area contributed by atoms with Gasteiger partial charge in [-0.15, -0.1) is 0 Å². The van der Waals surface area contributed by atoms with E-state index in [1.807, 2.05) is 0 Å². The van der Waals surface area contributed by atoms with E-state index in [0.717, 1.165) is 5.56 Å². The first kappa shape index (κ1) is 13.6. The Balaban J connectivity index is 3.16. The van der Waals surface area contributed by atoms with Crippen LogP contribution >= 0.6 is 0 Å². The van der Waals surface area contributed by atoms with Gasteiger partial charge in [0.05, 0.1) is 4.90 Å². The highest BCUT2D eigenvalue weighted by Gasteiger charge is 2.33.